The normalized spacial score (nSPS) is 23.4. The lowest BCUT2D eigenvalue weighted by molar-refractivity contribution is 0.0863. The van der Waals surface area contributed by atoms with Crippen molar-refractivity contribution in [2.75, 3.05) is 13.7 Å². The minimum atomic E-state index is -0.411. The largest absolute Gasteiger partial charge is 0.497 e. The number of aliphatic hydroxyl groups is 1. The molecule has 0 amide bonds. The monoisotopic (exact) mass is 249 g/mol. The van der Waals surface area contributed by atoms with Gasteiger partial charge in [-0.1, -0.05) is 25.5 Å². The van der Waals surface area contributed by atoms with Gasteiger partial charge in [0.05, 0.1) is 13.2 Å². The predicted octanol–water partition coefficient (Wildman–Crippen LogP) is 2.51. The average Bonchev–Trinajstić information content (AvgIpc) is 2.47. The molecular formula is C15H23NO2. The molecule has 2 rings (SSSR count). The summed E-state index contributed by atoms with van der Waals surface area (Å²) in [5, 5.41) is 13.9. The zero-order chi connectivity index (χ0) is 13.0. The Kier molecular flexibility index (Phi) is 4.61. The van der Waals surface area contributed by atoms with E-state index in [0.717, 1.165) is 24.3 Å². The van der Waals surface area contributed by atoms with E-state index in [4.69, 9.17) is 4.74 Å². The van der Waals surface area contributed by atoms with E-state index in [1.807, 2.05) is 24.3 Å². The number of ether oxygens (including phenoxy) is 1. The summed E-state index contributed by atoms with van der Waals surface area (Å²) in [6.07, 6.45) is 3.26. The van der Waals surface area contributed by atoms with Crippen molar-refractivity contribution >= 4 is 0 Å². The fourth-order valence-corrected chi connectivity index (χ4v) is 2.65. The van der Waals surface area contributed by atoms with E-state index in [1.165, 1.54) is 12.8 Å². The van der Waals surface area contributed by atoms with Crippen molar-refractivity contribution in [2.45, 2.75) is 38.3 Å². The summed E-state index contributed by atoms with van der Waals surface area (Å²) in [5.41, 5.74) is 0.968. The molecule has 0 aliphatic carbocycles. The van der Waals surface area contributed by atoms with Gasteiger partial charge < -0.3 is 15.2 Å². The number of nitrogens with one attached hydrogen (secondary N) is 1. The second kappa shape index (κ2) is 6.21. The van der Waals surface area contributed by atoms with Crippen molar-refractivity contribution in [3.63, 3.8) is 0 Å². The van der Waals surface area contributed by atoms with Crippen molar-refractivity contribution in [3.05, 3.63) is 29.8 Å². The Morgan fingerprint density at radius 2 is 2.00 bits per heavy atom. The Hall–Kier alpha value is -1.06. The third-order valence-electron chi connectivity index (χ3n) is 3.94. The molecule has 3 atom stereocenters. The molecule has 1 aromatic rings. The first-order chi connectivity index (χ1) is 8.72. The zero-order valence-electron chi connectivity index (χ0n) is 11.2. The van der Waals surface area contributed by atoms with Gasteiger partial charge in [0.15, 0.2) is 0 Å². The number of rotatable bonds is 4. The Morgan fingerprint density at radius 3 is 2.56 bits per heavy atom. The average molecular weight is 249 g/mol. The fourth-order valence-electron chi connectivity index (χ4n) is 2.65. The van der Waals surface area contributed by atoms with Crippen LogP contribution in [0, 0.1) is 5.92 Å². The summed E-state index contributed by atoms with van der Waals surface area (Å²) >= 11 is 0. The van der Waals surface area contributed by atoms with E-state index in [0.29, 0.717) is 6.04 Å². The highest BCUT2D eigenvalue weighted by molar-refractivity contribution is 5.28. The summed E-state index contributed by atoms with van der Waals surface area (Å²) < 4.78 is 5.13. The van der Waals surface area contributed by atoms with Crippen molar-refractivity contribution in [1.29, 1.82) is 0 Å². The number of hydrogen-bond donors (Lipinski definition) is 2. The van der Waals surface area contributed by atoms with Crippen LogP contribution in [-0.4, -0.2) is 24.8 Å². The molecule has 2 N–H and O–H groups in total. The molecule has 0 spiro atoms. The quantitative estimate of drug-likeness (QED) is 0.861. The summed E-state index contributed by atoms with van der Waals surface area (Å²) in [7, 11) is 1.65. The molecule has 18 heavy (non-hydrogen) atoms. The second-order valence-electron chi connectivity index (χ2n) is 5.13. The predicted molar refractivity (Wildman–Crippen MR) is 72.8 cm³/mol. The maximum atomic E-state index is 10.4. The Labute approximate surface area is 109 Å². The molecular weight excluding hydrogens is 226 g/mol. The third kappa shape index (κ3) is 3.03. The molecule has 1 heterocycles. The van der Waals surface area contributed by atoms with Gasteiger partial charge >= 0.3 is 0 Å². The van der Waals surface area contributed by atoms with Gasteiger partial charge in [-0.2, -0.15) is 0 Å². The van der Waals surface area contributed by atoms with Gasteiger partial charge in [0.2, 0.25) is 0 Å². The van der Waals surface area contributed by atoms with Gasteiger partial charge in [-0.15, -0.1) is 0 Å². The van der Waals surface area contributed by atoms with E-state index in [2.05, 4.69) is 12.2 Å². The van der Waals surface area contributed by atoms with Crippen LogP contribution in [0.4, 0.5) is 0 Å². The molecule has 3 heteroatoms. The third-order valence-corrected chi connectivity index (χ3v) is 3.94. The SMILES string of the molecule is COc1ccc(C(O)C(C)C2CCCCN2)cc1. The number of aliphatic hydroxyl groups excluding tert-OH is 1. The van der Waals surface area contributed by atoms with Crippen molar-refractivity contribution in [1.82, 2.24) is 5.32 Å². The van der Waals surface area contributed by atoms with E-state index >= 15 is 0 Å². The highest BCUT2D eigenvalue weighted by atomic mass is 16.5. The van der Waals surface area contributed by atoms with Crippen LogP contribution < -0.4 is 10.1 Å². The second-order valence-corrected chi connectivity index (χ2v) is 5.13. The van der Waals surface area contributed by atoms with Crippen LogP contribution >= 0.6 is 0 Å². The van der Waals surface area contributed by atoms with Crippen molar-refractivity contribution in [2.24, 2.45) is 5.92 Å². The highest BCUT2D eigenvalue weighted by Gasteiger charge is 2.26. The molecule has 1 saturated heterocycles. The first-order valence-corrected chi connectivity index (χ1v) is 6.78. The van der Waals surface area contributed by atoms with Gasteiger partial charge in [-0.3, -0.25) is 0 Å². The molecule has 1 fully saturated rings. The maximum absolute atomic E-state index is 10.4. The Morgan fingerprint density at radius 1 is 1.28 bits per heavy atom. The molecule has 0 bridgehead atoms. The van der Waals surface area contributed by atoms with Gasteiger partial charge in [-0.05, 0) is 37.1 Å². The van der Waals surface area contributed by atoms with Gasteiger partial charge in [0.1, 0.15) is 5.75 Å². The summed E-state index contributed by atoms with van der Waals surface area (Å²) in [4.78, 5) is 0. The molecule has 0 aromatic heterocycles. The number of benzene rings is 1. The van der Waals surface area contributed by atoms with Crippen LogP contribution in [0.25, 0.3) is 0 Å². The first kappa shape index (κ1) is 13.4. The molecule has 0 radical (unpaired) electrons. The lowest BCUT2D eigenvalue weighted by Crippen LogP contribution is -2.41. The zero-order valence-corrected chi connectivity index (χ0v) is 11.2. The van der Waals surface area contributed by atoms with Crippen LogP contribution in [0.3, 0.4) is 0 Å². The maximum Gasteiger partial charge on any atom is 0.118 e. The van der Waals surface area contributed by atoms with Crippen LogP contribution in [0.15, 0.2) is 24.3 Å². The van der Waals surface area contributed by atoms with Crippen molar-refractivity contribution < 1.29 is 9.84 Å². The molecule has 1 aromatic carbocycles. The number of methoxy groups -OCH3 is 1. The number of piperidine rings is 1. The molecule has 1 aliphatic rings. The van der Waals surface area contributed by atoms with E-state index in [9.17, 15) is 5.11 Å². The molecule has 3 nitrogen and oxygen atoms in total. The Bertz CT molecular complexity index is 357. The molecule has 3 unspecified atom stereocenters. The number of hydrogen-bond acceptors (Lipinski definition) is 3. The fraction of sp³-hybridized carbons (Fsp3) is 0.600. The lowest BCUT2D eigenvalue weighted by Gasteiger charge is -2.32. The van der Waals surface area contributed by atoms with E-state index in [1.54, 1.807) is 7.11 Å². The summed E-state index contributed by atoms with van der Waals surface area (Å²) in [6, 6.07) is 8.13. The van der Waals surface area contributed by atoms with Crippen LogP contribution in [-0.2, 0) is 0 Å². The van der Waals surface area contributed by atoms with E-state index in [-0.39, 0.29) is 5.92 Å². The van der Waals surface area contributed by atoms with Gasteiger partial charge in [0.25, 0.3) is 0 Å². The van der Waals surface area contributed by atoms with Crippen LogP contribution in [0.2, 0.25) is 0 Å². The van der Waals surface area contributed by atoms with Gasteiger partial charge in [0, 0.05) is 12.0 Å². The smallest absolute Gasteiger partial charge is 0.118 e. The minimum absolute atomic E-state index is 0.235. The lowest BCUT2D eigenvalue weighted by atomic mass is 9.86. The van der Waals surface area contributed by atoms with E-state index < -0.39 is 6.10 Å². The van der Waals surface area contributed by atoms with Gasteiger partial charge in [-0.25, -0.2) is 0 Å². The highest BCUT2D eigenvalue weighted by Crippen LogP contribution is 2.28. The Balaban J connectivity index is 2.01. The van der Waals surface area contributed by atoms with Crippen molar-refractivity contribution in [3.8, 4) is 5.75 Å². The summed E-state index contributed by atoms with van der Waals surface area (Å²) in [6.45, 7) is 3.20. The minimum Gasteiger partial charge on any atom is -0.497 e. The van der Waals surface area contributed by atoms with Crippen LogP contribution in [0.1, 0.15) is 37.9 Å². The summed E-state index contributed by atoms with van der Waals surface area (Å²) in [5.74, 6) is 1.06. The molecule has 1 aliphatic heterocycles. The molecule has 100 valence electrons. The molecule has 0 saturated carbocycles. The first-order valence-electron chi connectivity index (χ1n) is 6.78. The standard InChI is InChI=1S/C15H23NO2/c1-11(14-5-3-4-10-16-14)15(17)12-6-8-13(18-2)9-7-12/h6-9,11,14-17H,3-5,10H2,1-2H3. The topological polar surface area (TPSA) is 41.5 Å². The van der Waals surface area contributed by atoms with Crippen LogP contribution in [0.5, 0.6) is 5.75 Å².